The van der Waals surface area contributed by atoms with Crippen molar-refractivity contribution in [2.24, 2.45) is 11.7 Å². The number of nitrogens with one attached hydrogen (secondary N) is 1. The molecular formula is C53H96N4O17. The molecule has 2 unspecified atom stereocenters. The third kappa shape index (κ3) is 36.8. The number of carbonyl (C=O) groups is 2. The van der Waals surface area contributed by atoms with Crippen molar-refractivity contribution in [2.75, 3.05) is 213 Å². The SMILES string of the molecule is CNCC1CN(C(=O)CCOCCOCCOCCOCCOCCOCCOCCOCCOCCOCCOCCOCCOC)CCN1C(=O)Oc1ccc(CC(N)CCCC/C=C/C(C)C)cc1OC. The van der Waals surface area contributed by atoms with Gasteiger partial charge in [0.05, 0.1) is 185 Å². The Hall–Kier alpha value is -3.10. The van der Waals surface area contributed by atoms with E-state index in [-0.39, 0.29) is 31.0 Å². The number of unbranched alkanes of at least 4 members (excludes halogenated alkanes) is 2. The number of allylic oxidation sites excluding steroid dienone is 2. The highest BCUT2D eigenvalue weighted by molar-refractivity contribution is 5.77. The van der Waals surface area contributed by atoms with Crippen LogP contribution in [-0.2, 0) is 72.8 Å². The van der Waals surface area contributed by atoms with Crippen LogP contribution in [0, 0.1) is 5.92 Å². The molecule has 1 aromatic rings. The van der Waals surface area contributed by atoms with Gasteiger partial charge in [0.25, 0.3) is 0 Å². The molecule has 21 heteroatoms. The molecule has 1 fully saturated rings. The zero-order valence-electron chi connectivity index (χ0n) is 45.8. The fraction of sp³-hybridized carbons (Fsp3) is 0.811. The van der Waals surface area contributed by atoms with Gasteiger partial charge in [0.15, 0.2) is 11.5 Å². The zero-order chi connectivity index (χ0) is 53.4. The van der Waals surface area contributed by atoms with Gasteiger partial charge < -0.3 is 91.9 Å². The summed E-state index contributed by atoms with van der Waals surface area (Å²) in [5, 5.41) is 3.14. The smallest absolute Gasteiger partial charge is 0.415 e. The molecule has 0 radical (unpaired) electrons. The first-order chi connectivity index (χ1) is 36.3. The number of rotatable bonds is 51. The first-order valence-corrected chi connectivity index (χ1v) is 26.7. The van der Waals surface area contributed by atoms with Crippen LogP contribution >= 0.6 is 0 Å². The lowest BCUT2D eigenvalue weighted by Gasteiger charge is -2.40. The second-order valence-electron chi connectivity index (χ2n) is 17.6. The third-order valence-electron chi connectivity index (χ3n) is 11.1. The van der Waals surface area contributed by atoms with Crippen LogP contribution in [-0.4, -0.2) is 247 Å². The number of ether oxygens (including phenoxy) is 15. The minimum Gasteiger partial charge on any atom is -0.493 e. The number of hydrogen-bond donors (Lipinski definition) is 2. The van der Waals surface area contributed by atoms with Crippen molar-refractivity contribution in [3.8, 4) is 11.5 Å². The van der Waals surface area contributed by atoms with Gasteiger partial charge in [0, 0.05) is 39.3 Å². The number of nitrogens with zero attached hydrogens (tertiary/aromatic N) is 2. The molecule has 1 aromatic carbocycles. The number of amides is 2. The molecule has 0 spiro atoms. The Balaban J connectivity index is 1.36. The summed E-state index contributed by atoms with van der Waals surface area (Å²) in [6.07, 6.45) is 9.14. The molecule has 1 aliphatic heterocycles. The normalized spacial score (nSPS) is 14.4. The molecule has 21 nitrogen and oxygen atoms in total. The minimum absolute atomic E-state index is 0.0293. The lowest BCUT2D eigenvalue weighted by Crippen LogP contribution is -2.59. The van der Waals surface area contributed by atoms with Gasteiger partial charge in [-0.05, 0) is 56.3 Å². The summed E-state index contributed by atoms with van der Waals surface area (Å²) in [5.41, 5.74) is 7.48. The van der Waals surface area contributed by atoms with Gasteiger partial charge in [-0.15, -0.1) is 0 Å². The van der Waals surface area contributed by atoms with Crippen molar-refractivity contribution in [1.82, 2.24) is 15.1 Å². The van der Waals surface area contributed by atoms with Gasteiger partial charge in [0.1, 0.15) is 0 Å². The van der Waals surface area contributed by atoms with E-state index < -0.39 is 6.09 Å². The van der Waals surface area contributed by atoms with E-state index in [9.17, 15) is 9.59 Å². The van der Waals surface area contributed by atoms with Crippen molar-refractivity contribution >= 4 is 12.0 Å². The van der Waals surface area contributed by atoms with Crippen LogP contribution in [0.3, 0.4) is 0 Å². The Morgan fingerprint density at radius 2 is 1.07 bits per heavy atom. The van der Waals surface area contributed by atoms with Crippen molar-refractivity contribution in [3.63, 3.8) is 0 Å². The average Bonchev–Trinajstić information content (AvgIpc) is 3.39. The fourth-order valence-electron chi connectivity index (χ4n) is 7.23. The summed E-state index contributed by atoms with van der Waals surface area (Å²) in [5.74, 6) is 1.36. The van der Waals surface area contributed by atoms with Crippen molar-refractivity contribution in [2.45, 2.75) is 64.5 Å². The maximum Gasteiger partial charge on any atom is 0.415 e. The number of benzene rings is 1. The van der Waals surface area contributed by atoms with Crippen LogP contribution in [0.15, 0.2) is 30.4 Å². The van der Waals surface area contributed by atoms with Gasteiger partial charge >= 0.3 is 6.09 Å². The number of hydrogen-bond acceptors (Lipinski definition) is 19. The molecule has 1 aliphatic rings. The molecule has 2 atom stereocenters. The molecule has 3 N–H and O–H groups in total. The highest BCUT2D eigenvalue weighted by Gasteiger charge is 2.33. The first kappa shape index (κ1) is 67.0. The van der Waals surface area contributed by atoms with E-state index in [2.05, 4.69) is 31.3 Å². The Labute approximate surface area is 442 Å². The monoisotopic (exact) mass is 1060 g/mol. The fourth-order valence-corrected chi connectivity index (χ4v) is 7.23. The Kier molecular flexibility index (Phi) is 43.7. The largest absolute Gasteiger partial charge is 0.493 e. The third-order valence-corrected chi connectivity index (χ3v) is 11.1. The Morgan fingerprint density at radius 3 is 1.49 bits per heavy atom. The summed E-state index contributed by atoms with van der Waals surface area (Å²) < 4.78 is 82.5. The lowest BCUT2D eigenvalue weighted by atomic mass is 10.0. The lowest BCUT2D eigenvalue weighted by molar-refractivity contribution is -0.135. The Bertz CT molecular complexity index is 1500. The highest BCUT2D eigenvalue weighted by atomic mass is 16.6. The molecule has 0 bridgehead atoms. The van der Waals surface area contributed by atoms with Gasteiger partial charge in [-0.2, -0.15) is 0 Å². The molecule has 430 valence electrons. The topological polar surface area (TPSA) is 217 Å². The van der Waals surface area contributed by atoms with Crippen LogP contribution in [0.2, 0.25) is 0 Å². The van der Waals surface area contributed by atoms with E-state index in [1.54, 1.807) is 30.1 Å². The zero-order valence-corrected chi connectivity index (χ0v) is 45.8. The summed E-state index contributed by atoms with van der Waals surface area (Å²) in [6, 6.07) is 5.35. The molecule has 0 aromatic heterocycles. The molecule has 0 saturated carbocycles. The van der Waals surface area contributed by atoms with Crippen LogP contribution < -0.4 is 20.5 Å². The average molecular weight is 1060 g/mol. The number of methoxy groups -OCH3 is 2. The molecule has 0 aliphatic carbocycles. The predicted molar refractivity (Wildman–Crippen MR) is 280 cm³/mol. The van der Waals surface area contributed by atoms with Gasteiger partial charge in [-0.3, -0.25) is 4.79 Å². The van der Waals surface area contributed by atoms with Crippen LogP contribution in [0.5, 0.6) is 11.5 Å². The molecular weight excluding hydrogens is 965 g/mol. The van der Waals surface area contributed by atoms with Crippen LogP contribution in [0.4, 0.5) is 4.79 Å². The molecule has 2 amide bonds. The molecule has 1 heterocycles. The standard InChI is InChI=1S/C53H96N4O17/c1-46(2)10-8-6-7-9-11-48(54)42-47-12-13-50(51(43-47)61-5)74-53(59)57-16-15-56(45-49(57)44-55-3)52(58)14-17-62-20-21-64-24-25-66-28-29-68-32-33-70-36-37-72-40-41-73-39-38-71-35-34-69-31-30-67-27-26-65-23-22-63-19-18-60-4/h8,10,12-13,43,46,48-49,55H,6-7,9,11,14-42,44-45,54H2,1-5H3/b10-8+. The van der Waals surface area contributed by atoms with E-state index >= 15 is 0 Å². The summed E-state index contributed by atoms with van der Waals surface area (Å²) in [4.78, 5) is 30.0. The van der Waals surface area contributed by atoms with E-state index in [4.69, 9.17) is 76.8 Å². The van der Waals surface area contributed by atoms with Crippen molar-refractivity contribution < 1.29 is 80.6 Å². The van der Waals surface area contributed by atoms with E-state index in [1.807, 2.05) is 19.2 Å². The molecule has 2 rings (SSSR count). The van der Waals surface area contributed by atoms with Crippen LogP contribution in [0.25, 0.3) is 0 Å². The quantitative estimate of drug-likeness (QED) is 0.0701. The molecule has 1 saturated heterocycles. The second-order valence-corrected chi connectivity index (χ2v) is 17.6. The second kappa shape index (κ2) is 48.3. The summed E-state index contributed by atoms with van der Waals surface area (Å²) in [7, 11) is 5.02. The van der Waals surface area contributed by atoms with Gasteiger partial charge in [-0.25, -0.2) is 4.79 Å². The van der Waals surface area contributed by atoms with Crippen molar-refractivity contribution in [3.05, 3.63) is 35.9 Å². The highest BCUT2D eigenvalue weighted by Crippen LogP contribution is 2.30. The van der Waals surface area contributed by atoms with Gasteiger partial charge in [0.2, 0.25) is 5.91 Å². The predicted octanol–water partition coefficient (Wildman–Crippen LogP) is 3.80. The summed E-state index contributed by atoms with van der Waals surface area (Å²) in [6.45, 7) is 17.9. The Morgan fingerprint density at radius 1 is 0.622 bits per heavy atom. The van der Waals surface area contributed by atoms with Gasteiger partial charge in [-0.1, -0.05) is 38.5 Å². The molecule has 74 heavy (non-hydrogen) atoms. The number of carbonyl (C=O) groups excluding carboxylic acids is 2. The minimum atomic E-state index is -0.487. The van der Waals surface area contributed by atoms with Crippen molar-refractivity contribution in [1.29, 1.82) is 0 Å². The van der Waals surface area contributed by atoms with E-state index in [0.717, 1.165) is 31.2 Å². The van der Waals surface area contributed by atoms with E-state index in [1.165, 1.54) is 0 Å². The number of piperazine rings is 1. The summed E-state index contributed by atoms with van der Waals surface area (Å²) >= 11 is 0. The first-order valence-electron chi connectivity index (χ1n) is 26.7. The maximum absolute atomic E-state index is 13.5. The van der Waals surface area contributed by atoms with Crippen LogP contribution in [0.1, 0.15) is 51.5 Å². The van der Waals surface area contributed by atoms with E-state index in [0.29, 0.717) is 209 Å². The number of nitrogens with two attached hydrogens (primary N) is 1. The maximum atomic E-state index is 13.5. The number of likely N-dealkylation sites (N-methyl/N-ethyl adjacent to an activating group) is 1.